The fourth-order valence-electron chi connectivity index (χ4n) is 2.42. The number of rotatable bonds is 2. The summed E-state index contributed by atoms with van der Waals surface area (Å²) in [6, 6.07) is 8.83. The highest BCUT2D eigenvalue weighted by atomic mass is 32.2. The van der Waals surface area contributed by atoms with Crippen molar-refractivity contribution >= 4 is 11.8 Å². The van der Waals surface area contributed by atoms with Crippen LogP contribution in [0.3, 0.4) is 0 Å². The first-order valence-corrected chi connectivity index (χ1v) is 6.94. The summed E-state index contributed by atoms with van der Waals surface area (Å²) < 4.78 is 2.10. The Bertz CT molecular complexity index is 518. The predicted molar refractivity (Wildman–Crippen MR) is 71.2 cm³/mol. The van der Waals surface area contributed by atoms with E-state index in [0.717, 1.165) is 5.16 Å². The number of aromatic nitrogens is 2. The Labute approximate surface area is 106 Å². The van der Waals surface area contributed by atoms with Crippen LogP contribution in [0.15, 0.2) is 41.8 Å². The van der Waals surface area contributed by atoms with E-state index in [-0.39, 0.29) is 0 Å². The van der Waals surface area contributed by atoms with Crippen LogP contribution >= 0.6 is 11.8 Å². The molecule has 88 valence electrons. The van der Waals surface area contributed by atoms with Crippen LogP contribution < -0.4 is 0 Å². The minimum absolute atomic E-state index is 0.570. The monoisotopic (exact) mass is 244 g/mol. The molecule has 0 amide bonds. The molecule has 0 saturated carbocycles. The summed E-state index contributed by atoms with van der Waals surface area (Å²) in [5, 5.41) is 1.69. The van der Waals surface area contributed by atoms with E-state index in [1.54, 1.807) is 0 Å². The number of hydrogen-bond acceptors (Lipinski definition) is 2. The molecule has 3 rings (SSSR count). The van der Waals surface area contributed by atoms with Crippen molar-refractivity contribution in [1.29, 1.82) is 0 Å². The van der Waals surface area contributed by atoms with Crippen LogP contribution in [-0.4, -0.2) is 9.55 Å². The number of hydrogen-bond donors (Lipinski definition) is 0. The molecule has 0 fully saturated rings. The molecule has 0 N–H and O–H groups in total. The predicted octanol–water partition coefficient (Wildman–Crippen LogP) is 3.59. The summed E-state index contributed by atoms with van der Waals surface area (Å²) in [4.78, 5) is 4.41. The quantitative estimate of drug-likeness (QED) is 0.803. The molecule has 0 bridgehead atoms. The highest BCUT2D eigenvalue weighted by Crippen LogP contribution is 2.42. The van der Waals surface area contributed by atoms with E-state index >= 15 is 0 Å². The molecule has 1 aromatic heterocycles. The third-order valence-electron chi connectivity index (χ3n) is 3.34. The Morgan fingerprint density at radius 3 is 3.06 bits per heavy atom. The van der Waals surface area contributed by atoms with Gasteiger partial charge in [-0.05, 0) is 30.4 Å². The molecule has 0 aliphatic heterocycles. The molecular weight excluding hydrogens is 228 g/mol. The van der Waals surface area contributed by atoms with Gasteiger partial charge in [0, 0.05) is 24.7 Å². The van der Waals surface area contributed by atoms with Crippen LogP contribution in [0, 0.1) is 0 Å². The Kier molecular flexibility index (Phi) is 2.93. The Hall–Kier alpha value is -1.22. The zero-order chi connectivity index (χ0) is 11.7. The van der Waals surface area contributed by atoms with Crippen LogP contribution in [0.4, 0.5) is 0 Å². The third-order valence-corrected chi connectivity index (χ3v) is 4.72. The molecule has 1 aliphatic rings. The van der Waals surface area contributed by atoms with Gasteiger partial charge in [0.1, 0.15) is 0 Å². The van der Waals surface area contributed by atoms with Gasteiger partial charge in [0.05, 0.1) is 0 Å². The molecule has 0 unspecified atom stereocenters. The van der Waals surface area contributed by atoms with Crippen LogP contribution in [-0.2, 0) is 13.5 Å². The Morgan fingerprint density at radius 1 is 1.35 bits per heavy atom. The summed E-state index contributed by atoms with van der Waals surface area (Å²) in [6.07, 6.45) is 7.66. The molecule has 1 atom stereocenters. The standard InChI is InChI=1S/C14H16N2S/c1-16-10-9-15-14(16)17-13-8-4-6-11-5-2-3-7-12(11)13/h2-3,5,7,9-10,13H,4,6,8H2,1H3/t13-/m0/s1. The molecule has 0 radical (unpaired) electrons. The fourth-order valence-corrected chi connectivity index (χ4v) is 3.67. The first-order valence-electron chi connectivity index (χ1n) is 6.06. The van der Waals surface area contributed by atoms with Gasteiger partial charge < -0.3 is 4.57 Å². The Morgan fingerprint density at radius 2 is 2.24 bits per heavy atom. The second-order valence-electron chi connectivity index (χ2n) is 4.52. The average molecular weight is 244 g/mol. The maximum absolute atomic E-state index is 4.41. The number of nitrogens with zero attached hydrogens (tertiary/aromatic N) is 2. The van der Waals surface area contributed by atoms with E-state index in [1.165, 1.54) is 30.4 Å². The molecule has 3 heteroatoms. The van der Waals surface area contributed by atoms with E-state index < -0.39 is 0 Å². The van der Waals surface area contributed by atoms with E-state index in [1.807, 2.05) is 24.2 Å². The lowest BCUT2D eigenvalue weighted by Gasteiger charge is -2.24. The average Bonchev–Trinajstić information content (AvgIpc) is 2.76. The lowest BCUT2D eigenvalue weighted by molar-refractivity contribution is 0.668. The molecule has 1 aliphatic carbocycles. The van der Waals surface area contributed by atoms with Crippen molar-refractivity contribution in [1.82, 2.24) is 9.55 Å². The van der Waals surface area contributed by atoms with Gasteiger partial charge in [0.25, 0.3) is 0 Å². The van der Waals surface area contributed by atoms with E-state index in [9.17, 15) is 0 Å². The van der Waals surface area contributed by atoms with Crippen molar-refractivity contribution < 1.29 is 0 Å². The summed E-state index contributed by atoms with van der Waals surface area (Å²) in [5.41, 5.74) is 3.03. The summed E-state index contributed by atoms with van der Waals surface area (Å²) in [6.45, 7) is 0. The lowest BCUT2D eigenvalue weighted by Crippen LogP contribution is -2.07. The number of imidazole rings is 1. The van der Waals surface area contributed by atoms with Gasteiger partial charge in [0.15, 0.2) is 5.16 Å². The van der Waals surface area contributed by atoms with E-state index in [4.69, 9.17) is 0 Å². The highest BCUT2D eigenvalue weighted by molar-refractivity contribution is 7.99. The van der Waals surface area contributed by atoms with Gasteiger partial charge in [0.2, 0.25) is 0 Å². The maximum Gasteiger partial charge on any atom is 0.168 e. The fraction of sp³-hybridized carbons (Fsp3) is 0.357. The van der Waals surface area contributed by atoms with Crippen molar-refractivity contribution in [2.45, 2.75) is 29.7 Å². The van der Waals surface area contributed by atoms with Gasteiger partial charge in [-0.25, -0.2) is 4.98 Å². The van der Waals surface area contributed by atoms with E-state index in [2.05, 4.69) is 40.9 Å². The van der Waals surface area contributed by atoms with Crippen molar-refractivity contribution in [2.24, 2.45) is 7.05 Å². The number of aryl methyl sites for hydroxylation is 2. The second-order valence-corrected chi connectivity index (χ2v) is 5.69. The Balaban J connectivity index is 1.88. The normalized spacial score (nSPS) is 19.0. The number of benzene rings is 1. The molecule has 0 spiro atoms. The maximum atomic E-state index is 4.41. The minimum atomic E-state index is 0.570. The van der Waals surface area contributed by atoms with Gasteiger partial charge in [-0.2, -0.15) is 0 Å². The zero-order valence-corrected chi connectivity index (χ0v) is 10.8. The van der Waals surface area contributed by atoms with Crippen molar-refractivity contribution in [2.75, 3.05) is 0 Å². The van der Waals surface area contributed by atoms with E-state index in [0.29, 0.717) is 5.25 Å². The number of fused-ring (bicyclic) bond motifs is 1. The van der Waals surface area contributed by atoms with Crippen molar-refractivity contribution in [3.63, 3.8) is 0 Å². The smallest absolute Gasteiger partial charge is 0.168 e. The minimum Gasteiger partial charge on any atom is -0.329 e. The summed E-state index contributed by atoms with van der Waals surface area (Å²) in [7, 11) is 2.06. The van der Waals surface area contributed by atoms with Gasteiger partial charge >= 0.3 is 0 Å². The third kappa shape index (κ3) is 2.12. The molecule has 1 heterocycles. The second kappa shape index (κ2) is 4.57. The summed E-state index contributed by atoms with van der Waals surface area (Å²) in [5.74, 6) is 0. The highest BCUT2D eigenvalue weighted by Gasteiger charge is 2.21. The van der Waals surface area contributed by atoms with Gasteiger partial charge in [-0.15, -0.1) is 0 Å². The van der Waals surface area contributed by atoms with Crippen molar-refractivity contribution in [3.8, 4) is 0 Å². The number of thioether (sulfide) groups is 1. The first-order chi connectivity index (χ1) is 8.34. The topological polar surface area (TPSA) is 17.8 Å². The lowest BCUT2D eigenvalue weighted by atomic mass is 9.91. The van der Waals surface area contributed by atoms with Crippen molar-refractivity contribution in [3.05, 3.63) is 47.8 Å². The van der Waals surface area contributed by atoms with Crippen LogP contribution in [0.25, 0.3) is 0 Å². The van der Waals surface area contributed by atoms with Crippen LogP contribution in [0.2, 0.25) is 0 Å². The molecule has 1 aromatic carbocycles. The largest absolute Gasteiger partial charge is 0.329 e. The molecule has 0 saturated heterocycles. The SMILES string of the molecule is Cn1ccnc1S[C@H]1CCCc2ccccc21. The molecule has 17 heavy (non-hydrogen) atoms. The first kappa shape index (κ1) is 10.9. The molecule has 2 nitrogen and oxygen atoms in total. The zero-order valence-electron chi connectivity index (χ0n) is 9.97. The van der Waals surface area contributed by atoms with Gasteiger partial charge in [-0.3, -0.25) is 0 Å². The summed E-state index contributed by atoms with van der Waals surface area (Å²) >= 11 is 1.89. The van der Waals surface area contributed by atoms with Gasteiger partial charge in [-0.1, -0.05) is 36.0 Å². The van der Waals surface area contributed by atoms with Crippen LogP contribution in [0.5, 0.6) is 0 Å². The van der Waals surface area contributed by atoms with Crippen LogP contribution in [0.1, 0.15) is 29.2 Å². The molecular formula is C14H16N2S. The molecule has 2 aromatic rings.